The van der Waals surface area contributed by atoms with Crippen molar-refractivity contribution in [2.45, 2.75) is 19.8 Å². The highest BCUT2D eigenvalue weighted by Crippen LogP contribution is 2.07. The van der Waals surface area contributed by atoms with Gasteiger partial charge in [-0.25, -0.2) is 0 Å². The molecule has 0 saturated heterocycles. The van der Waals surface area contributed by atoms with Crippen molar-refractivity contribution >= 4 is 5.91 Å². The van der Waals surface area contributed by atoms with Crippen molar-refractivity contribution in [3.63, 3.8) is 0 Å². The number of nitrogens with one attached hydrogen (secondary N) is 1. The van der Waals surface area contributed by atoms with Crippen LogP contribution in [0.1, 0.15) is 18.9 Å². The van der Waals surface area contributed by atoms with E-state index in [1.54, 1.807) is 0 Å². The van der Waals surface area contributed by atoms with Gasteiger partial charge in [0.1, 0.15) is 0 Å². The average molecular weight is 220 g/mol. The number of nitrogens with two attached hydrogens (primary N) is 1. The average Bonchev–Trinajstić information content (AvgIpc) is 2.34. The lowest BCUT2D eigenvalue weighted by Gasteiger charge is -2.14. The zero-order valence-corrected chi connectivity index (χ0v) is 9.78. The molecule has 0 fully saturated rings. The second kappa shape index (κ2) is 7.01. The fourth-order valence-electron chi connectivity index (χ4n) is 1.57. The van der Waals surface area contributed by atoms with E-state index in [-0.39, 0.29) is 11.8 Å². The van der Waals surface area contributed by atoms with Gasteiger partial charge in [-0.2, -0.15) is 0 Å². The van der Waals surface area contributed by atoms with Crippen molar-refractivity contribution in [1.82, 2.24) is 5.32 Å². The molecule has 0 aliphatic heterocycles. The minimum Gasteiger partial charge on any atom is -0.356 e. The molecule has 3 heteroatoms. The maximum Gasteiger partial charge on any atom is 0.224 e. The number of rotatable bonds is 6. The summed E-state index contributed by atoms with van der Waals surface area (Å²) in [6.07, 6.45) is 1.67. The van der Waals surface area contributed by atoms with Gasteiger partial charge in [-0.1, -0.05) is 37.3 Å². The quantitative estimate of drug-likeness (QED) is 0.760. The molecule has 3 N–H and O–H groups in total. The normalized spacial score (nSPS) is 12.1. The Morgan fingerprint density at radius 1 is 1.38 bits per heavy atom. The Morgan fingerprint density at radius 2 is 2.06 bits per heavy atom. The van der Waals surface area contributed by atoms with Crippen LogP contribution in [0.25, 0.3) is 0 Å². The van der Waals surface area contributed by atoms with Gasteiger partial charge < -0.3 is 11.1 Å². The first-order valence-electron chi connectivity index (χ1n) is 5.79. The number of carbonyl (C=O) groups excluding carboxylic acids is 1. The summed E-state index contributed by atoms with van der Waals surface area (Å²) in [6.45, 7) is 3.16. The standard InChI is InChI=1S/C13H20N2O/c1-2-8-15-13(16)12(10-14)9-11-6-4-3-5-7-11/h3-7,12H,2,8-10,14H2,1H3,(H,15,16). The second-order valence-electron chi connectivity index (χ2n) is 3.91. The molecule has 0 aliphatic rings. The van der Waals surface area contributed by atoms with E-state index in [0.29, 0.717) is 13.0 Å². The maximum absolute atomic E-state index is 11.7. The van der Waals surface area contributed by atoms with Crippen LogP contribution in [0, 0.1) is 5.92 Å². The van der Waals surface area contributed by atoms with E-state index >= 15 is 0 Å². The predicted octanol–water partition coefficient (Wildman–Crippen LogP) is 1.33. The SMILES string of the molecule is CCCNC(=O)C(CN)Cc1ccccc1. The van der Waals surface area contributed by atoms with Crippen LogP contribution in [0.4, 0.5) is 0 Å². The number of hydrogen-bond acceptors (Lipinski definition) is 2. The molecular formula is C13H20N2O. The van der Waals surface area contributed by atoms with Gasteiger partial charge in [0, 0.05) is 13.1 Å². The van der Waals surface area contributed by atoms with Crippen molar-refractivity contribution in [1.29, 1.82) is 0 Å². The first-order chi connectivity index (χ1) is 7.77. The first-order valence-corrected chi connectivity index (χ1v) is 5.79. The summed E-state index contributed by atoms with van der Waals surface area (Å²) in [5.41, 5.74) is 6.79. The molecule has 16 heavy (non-hydrogen) atoms. The topological polar surface area (TPSA) is 55.1 Å². The summed E-state index contributed by atoms with van der Waals surface area (Å²) in [6, 6.07) is 9.98. The lowest BCUT2D eigenvalue weighted by molar-refractivity contribution is -0.124. The van der Waals surface area contributed by atoms with E-state index < -0.39 is 0 Å². The largest absolute Gasteiger partial charge is 0.356 e. The van der Waals surface area contributed by atoms with E-state index in [1.165, 1.54) is 0 Å². The molecule has 1 amide bonds. The van der Waals surface area contributed by atoms with Crippen molar-refractivity contribution in [2.75, 3.05) is 13.1 Å². The van der Waals surface area contributed by atoms with E-state index in [4.69, 9.17) is 5.73 Å². The van der Waals surface area contributed by atoms with Gasteiger partial charge in [0.2, 0.25) is 5.91 Å². The van der Waals surface area contributed by atoms with Crippen LogP contribution < -0.4 is 11.1 Å². The van der Waals surface area contributed by atoms with Crippen molar-refractivity contribution < 1.29 is 4.79 Å². The smallest absolute Gasteiger partial charge is 0.224 e. The molecule has 0 saturated carbocycles. The van der Waals surface area contributed by atoms with Gasteiger partial charge in [0.15, 0.2) is 0 Å². The lowest BCUT2D eigenvalue weighted by atomic mass is 9.98. The lowest BCUT2D eigenvalue weighted by Crippen LogP contribution is -2.36. The van der Waals surface area contributed by atoms with Gasteiger partial charge in [-0.3, -0.25) is 4.79 Å². The highest BCUT2D eigenvalue weighted by Gasteiger charge is 2.16. The summed E-state index contributed by atoms with van der Waals surface area (Å²) in [7, 11) is 0. The van der Waals surface area contributed by atoms with E-state index in [1.807, 2.05) is 37.3 Å². The van der Waals surface area contributed by atoms with Gasteiger partial charge >= 0.3 is 0 Å². The number of carbonyl (C=O) groups is 1. The van der Waals surface area contributed by atoms with Crippen LogP contribution in [0.5, 0.6) is 0 Å². The molecular weight excluding hydrogens is 200 g/mol. The highest BCUT2D eigenvalue weighted by molar-refractivity contribution is 5.79. The summed E-state index contributed by atoms with van der Waals surface area (Å²) in [5, 5.41) is 2.88. The zero-order valence-electron chi connectivity index (χ0n) is 9.78. The van der Waals surface area contributed by atoms with Crippen molar-refractivity contribution in [2.24, 2.45) is 11.7 Å². The van der Waals surface area contributed by atoms with Crippen LogP contribution in [0.2, 0.25) is 0 Å². The molecule has 1 aromatic rings. The summed E-state index contributed by atoms with van der Waals surface area (Å²) >= 11 is 0. The summed E-state index contributed by atoms with van der Waals surface area (Å²) < 4.78 is 0. The Kier molecular flexibility index (Phi) is 5.57. The highest BCUT2D eigenvalue weighted by atomic mass is 16.1. The Morgan fingerprint density at radius 3 is 2.62 bits per heavy atom. The molecule has 0 heterocycles. The van der Waals surface area contributed by atoms with Crippen LogP contribution in [0.3, 0.4) is 0 Å². The van der Waals surface area contributed by atoms with Gasteiger partial charge in [0.05, 0.1) is 5.92 Å². The molecule has 88 valence electrons. The van der Waals surface area contributed by atoms with Crippen LogP contribution in [-0.4, -0.2) is 19.0 Å². The summed E-state index contributed by atoms with van der Waals surface area (Å²) in [5.74, 6) is -0.0536. The number of amides is 1. The van der Waals surface area contributed by atoms with E-state index in [0.717, 1.165) is 18.5 Å². The Labute approximate surface area is 97.0 Å². The minimum atomic E-state index is -0.117. The molecule has 0 aliphatic carbocycles. The van der Waals surface area contributed by atoms with E-state index in [9.17, 15) is 4.79 Å². The van der Waals surface area contributed by atoms with Crippen LogP contribution >= 0.6 is 0 Å². The third-order valence-corrected chi connectivity index (χ3v) is 2.53. The van der Waals surface area contributed by atoms with Crippen LogP contribution in [-0.2, 0) is 11.2 Å². The third kappa shape index (κ3) is 4.03. The number of hydrogen-bond donors (Lipinski definition) is 2. The molecule has 0 spiro atoms. The fourth-order valence-corrected chi connectivity index (χ4v) is 1.57. The molecule has 1 aromatic carbocycles. The molecule has 0 bridgehead atoms. The van der Waals surface area contributed by atoms with Gasteiger partial charge in [-0.15, -0.1) is 0 Å². The van der Waals surface area contributed by atoms with Crippen molar-refractivity contribution in [3.05, 3.63) is 35.9 Å². The zero-order chi connectivity index (χ0) is 11.8. The molecule has 1 unspecified atom stereocenters. The maximum atomic E-state index is 11.7. The van der Waals surface area contributed by atoms with Gasteiger partial charge in [0.25, 0.3) is 0 Å². The Balaban J connectivity index is 2.52. The Bertz CT molecular complexity index is 311. The molecule has 1 rings (SSSR count). The summed E-state index contributed by atoms with van der Waals surface area (Å²) in [4.78, 5) is 11.7. The van der Waals surface area contributed by atoms with Crippen LogP contribution in [0.15, 0.2) is 30.3 Å². The van der Waals surface area contributed by atoms with Crippen molar-refractivity contribution in [3.8, 4) is 0 Å². The second-order valence-corrected chi connectivity index (χ2v) is 3.91. The van der Waals surface area contributed by atoms with E-state index in [2.05, 4.69) is 5.32 Å². The molecule has 1 atom stereocenters. The molecule has 0 aromatic heterocycles. The Hall–Kier alpha value is -1.35. The predicted molar refractivity (Wildman–Crippen MR) is 66.0 cm³/mol. The number of benzene rings is 1. The first kappa shape index (κ1) is 12.7. The fraction of sp³-hybridized carbons (Fsp3) is 0.462. The molecule has 0 radical (unpaired) electrons. The minimum absolute atomic E-state index is 0.0632. The third-order valence-electron chi connectivity index (χ3n) is 2.53. The molecule has 3 nitrogen and oxygen atoms in total. The monoisotopic (exact) mass is 220 g/mol. The van der Waals surface area contributed by atoms with Gasteiger partial charge in [-0.05, 0) is 18.4 Å².